The van der Waals surface area contributed by atoms with Gasteiger partial charge in [0.05, 0.1) is 6.04 Å². The minimum Gasteiger partial charge on any atom is -0.351 e. The van der Waals surface area contributed by atoms with Crippen LogP contribution in [-0.2, 0) is 17.9 Å². The zero-order valence-corrected chi connectivity index (χ0v) is 15.2. The fraction of sp³-hybridized carbons (Fsp3) is 0.381. The molecule has 1 saturated heterocycles. The first-order valence-electron chi connectivity index (χ1n) is 9.14. The maximum absolute atomic E-state index is 12.9. The van der Waals surface area contributed by atoms with Gasteiger partial charge in [0, 0.05) is 39.3 Å². The normalized spacial score (nSPS) is 17.0. The lowest BCUT2D eigenvalue weighted by molar-refractivity contribution is -0.126. The lowest BCUT2D eigenvalue weighted by Crippen LogP contribution is -2.53. The smallest absolute Gasteiger partial charge is 0.237 e. The number of hydrogen-bond donors (Lipinski definition) is 1. The van der Waals surface area contributed by atoms with Crippen LogP contribution in [0.25, 0.3) is 0 Å². The molecule has 0 aliphatic carbocycles. The van der Waals surface area contributed by atoms with Gasteiger partial charge in [-0.05, 0) is 30.2 Å². The highest BCUT2D eigenvalue weighted by molar-refractivity contribution is 5.81. The molecular formula is C21H26FN3O. The van der Waals surface area contributed by atoms with Gasteiger partial charge in [0.25, 0.3) is 0 Å². The molecule has 1 amide bonds. The lowest BCUT2D eigenvalue weighted by Gasteiger charge is -2.37. The Kier molecular flexibility index (Phi) is 6.36. The van der Waals surface area contributed by atoms with E-state index in [-0.39, 0.29) is 17.8 Å². The van der Waals surface area contributed by atoms with Gasteiger partial charge >= 0.3 is 0 Å². The predicted octanol–water partition coefficient (Wildman–Crippen LogP) is 2.65. The van der Waals surface area contributed by atoms with E-state index >= 15 is 0 Å². The zero-order valence-electron chi connectivity index (χ0n) is 15.2. The van der Waals surface area contributed by atoms with Crippen molar-refractivity contribution < 1.29 is 9.18 Å². The summed E-state index contributed by atoms with van der Waals surface area (Å²) >= 11 is 0. The van der Waals surface area contributed by atoms with Crippen molar-refractivity contribution in [2.75, 3.05) is 26.2 Å². The van der Waals surface area contributed by atoms with Crippen molar-refractivity contribution >= 4 is 5.91 Å². The van der Waals surface area contributed by atoms with Crippen LogP contribution >= 0.6 is 0 Å². The molecule has 1 N–H and O–H groups in total. The molecule has 0 radical (unpaired) electrons. The number of rotatable bonds is 6. The van der Waals surface area contributed by atoms with E-state index in [1.54, 1.807) is 12.1 Å². The van der Waals surface area contributed by atoms with Crippen LogP contribution in [0.1, 0.15) is 18.1 Å². The van der Waals surface area contributed by atoms with Gasteiger partial charge in [0.15, 0.2) is 0 Å². The first kappa shape index (κ1) is 18.5. The molecule has 1 fully saturated rings. The average Bonchev–Trinajstić information content (AvgIpc) is 2.68. The van der Waals surface area contributed by atoms with Crippen LogP contribution in [-0.4, -0.2) is 47.9 Å². The van der Waals surface area contributed by atoms with Crippen LogP contribution in [0.15, 0.2) is 54.6 Å². The van der Waals surface area contributed by atoms with E-state index in [1.807, 2.05) is 13.0 Å². The Balaban J connectivity index is 1.43. The Hall–Kier alpha value is -2.24. The van der Waals surface area contributed by atoms with Crippen molar-refractivity contribution in [1.82, 2.24) is 15.1 Å². The number of hydrogen-bond acceptors (Lipinski definition) is 3. The maximum Gasteiger partial charge on any atom is 0.237 e. The van der Waals surface area contributed by atoms with Crippen molar-refractivity contribution in [3.8, 4) is 0 Å². The van der Waals surface area contributed by atoms with Gasteiger partial charge in [0.1, 0.15) is 5.82 Å². The molecule has 138 valence electrons. The number of carbonyl (C=O) groups excluding carboxylic acids is 1. The molecule has 1 unspecified atom stereocenters. The van der Waals surface area contributed by atoms with E-state index in [4.69, 9.17) is 0 Å². The molecule has 1 aliphatic heterocycles. The third kappa shape index (κ3) is 5.13. The van der Waals surface area contributed by atoms with Crippen molar-refractivity contribution in [1.29, 1.82) is 0 Å². The van der Waals surface area contributed by atoms with Crippen molar-refractivity contribution in [3.63, 3.8) is 0 Å². The molecule has 1 aliphatic rings. The summed E-state index contributed by atoms with van der Waals surface area (Å²) in [6.45, 7) is 7.04. The van der Waals surface area contributed by atoms with Gasteiger partial charge in [-0.15, -0.1) is 0 Å². The first-order chi connectivity index (χ1) is 12.6. The fourth-order valence-corrected chi connectivity index (χ4v) is 3.26. The van der Waals surface area contributed by atoms with Crippen LogP contribution in [0.3, 0.4) is 0 Å². The Morgan fingerprint density at radius 2 is 1.65 bits per heavy atom. The van der Waals surface area contributed by atoms with Crippen LogP contribution in [0.5, 0.6) is 0 Å². The molecular weight excluding hydrogens is 329 g/mol. The third-order valence-electron chi connectivity index (χ3n) is 4.96. The molecule has 0 bridgehead atoms. The van der Waals surface area contributed by atoms with E-state index in [0.29, 0.717) is 6.54 Å². The standard InChI is InChI=1S/C21H26FN3O/c1-17(21(26)23-15-18-7-9-20(22)10-8-18)25-13-11-24(12-14-25)16-19-5-3-2-4-6-19/h2-10,17H,11-16H2,1H3,(H,23,26). The van der Waals surface area contributed by atoms with Crippen molar-refractivity contribution in [2.45, 2.75) is 26.1 Å². The number of carbonyl (C=O) groups is 1. The summed E-state index contributed by atoms with van der Waals surface area (Å²) in [5.74, 6) is -0.243. The Morgan fingerprint density at radius 3 is 2.31 bits per heavy atom. The summed E-state index contributed by atoms with van der Waals surface area (Å²) in [7, 11) is 0. The largest absolute Gasteiger partial charge is 0.351 e. The molecule has 4 nitrogen and oxygen atoms in total. The minimum absolute atomic E-state index is 0.0193. The summed E-state index contributed by atoms with van der Waals surface area (Å²) in [6.07, 6.45) is 0. The molecule has 2 aromatic carbocycles. The molecule has 5 heteroatoms. The summed E-state index contributed by atoms with van der Waals surface area (Å²) in [4.78, 5) is 17.1. The van der Waals surface area contributed by atoms with Crippen LogP contribution in [0, 0.1) is 5.82 Å². The van der Waals surface area contributed by atoms with E-state index in [0.717, 1.165) is 38.3 Å². The molecule has 3 rings (SSSR count). The second kappa shape index (κ2) is 8.92. The van der Waals surface area contributed by atoms with Gasteiger partial charge in [-0.2, -0.15) is 0 Å². The van der Waals surface area contributed by atoms with Crippen molar-refractivity contribution in [2.24, 2.45) is 0 Å². The maximum atomic E-state index is 12.9. The van der Waals surface area contributed by atoms with Gasteiger partial charge in [0.2, 0.25) is 5.91 Å². The van der Waals surface area contributed by atoms with E-state index < -0.39 is 0 Å². The summed E-state index contributed by atoms with van der Waals surface area (Å²) in [5, 5.41) is 2.95. The minimum atomic E-state index is -0.262. The van der Waals surface area contributed by atoms with Gasteiger partial charge < -0.3 is 5.32 Å². The Morgan fingerprint density at radius 1 is 1.00 bits per heavy atom. The van der Waals surface area contributed by atoms with E-state index in [9.17, 15) is 9.18 Å². The second-order valence-electron chi connectivity index (χ2n) is 6.82. The lowest BCUT2D eigenvalue weighted by atomic mass is 10.1. The number of halogens is 1. The molecule has 0 saturated carbocycles. The van der Waals surface area contributed by atoms with Crippen LogP contribution < -0.4 is 5.32 Å². The van der Waals surface area contributed by atoms with Crippen LogP contribution in [0.2, 0.25) is 0 Å². The molecule has 1 heterocycles. The van der Waals surface area contributed by atoms with Gasteiger partial charge in [-0.25, -0.2) is 4.39 Å². The molecule has 2 aromatic rings. The SMILES string of the molecule is CC(C(=O)NCc1ccc(F)cc1)N1CCN(Cc2ccccc2)CC1. The van der Waals surface area contributed by atoms with Crippen molar-refractivity contribution in [3.05, 3.63) is 71.5 Å². The number of amides is 1. The molecule has 0 spiro atoms. The first-order valence-corrected chi connectivity index (χ1v) is 9.14. The fourth-order valence-electron chi connectivity index (χ4n) is 3.26. The number of piperazine rings is 1. The molecule has 26 heavy (non-hydrogen) atoms. The highest BCUT2D eigenvalue weighted by Gasteiger charge is 2.25. The molecule has 0 aromatic heterocycles. The summed E-state index contributed by atoms with van der Waals surface area (Å²) < 4.78 is 12.9. The third-order valence-corrected chi connectivity index (χ3v) is 4.96. The predicted molar refractivity (Wildman–Crippen MR) is 101 cm³/mol. The number of benzene rings is 2. The Labute approximate surface area is 154 Å². The van der Waals surface area contributed by atoms with Gasteiger partial charge in [-0.3, -0.25) is 14.6 Å². The second-order valence-corrected chi connectivity index (χ2v) is 6.82. The quantitative estimate of drug-likeness (QED) is 0.865. The zero-order chi connectivity index (χ0) is 18.4. The van der Waals surface area contributed by atoms with Crippen LogP contribution in [0.4, 0.5) is 4.39 Å². The monoisotopic (exact) mass is 355 g/mol. The highest BCUT2D eigenvalue weighted by atomic mass is 19.1. The topological polar surface area (TPSA) is 35.6 Å². The van der Waals surface area contributed by atoms with E-state index in [2.05, 4.69) is 39.4 Å². The number of nitrogens with one attached hydrogen (secondary N) is 1. The molecule has 1 atom stereocenters. The van der Waals surface area contributed by atoms with Gasteiger partial charge in [-0.1, -0.05) is 42.5 Å². The average molecular weight is 355 g/mol. The summed E-state index contributed by atoms with van der Waals surface area (Å²) in [5.41, 5.74) is 2.23. The number of nitrogens with zero attached hydrogens (tertiary/aromatic N) is 2. The highest BCUT2D eigenvalue weighted by Crippen LogP contribution is 2.11. The summed E-state index contributed by atoms with van der Waals surface area (Å²) in [6, 6.07) is 16.5. The Bertz CT molecular complexity index is 697. The van der Waals surface area contributed by atoms with E-state index in [1.165, 1.54) is 17.7 Å².